The Morgan fingerprint density at radius 2 is 1.53 bits per heavy atom. The number of benzene rings is 1. The van der Waals surface area contributed by atoms with E-state index in [2.05, 4.69) is 16.0 Å². The van der Waals surface area contributed by atoms with Crippen molar-refractivity contribution in [3.8, 4) is 0 Å². The van der Waals surface area contributed by atoms with E-state index in [1.165, 1.54) is 0 Å². The molecule has 154 valence electrons. The molecule has 2 aliphatic rings. The van der Waals surface area contributed by atoms with Gasteiger partial charge in [-0.15, -0.1) is 0 Å². The Balaban J connectivity index is 0.00000106. The van der Waals surface area contributed by atoms with Gasteiger partial charge in [0.1, 0.15) is 0 Å². The average Bonchev–Trinajstić information content (AvgIpc) is 3.06. The second-order valence-electron chi connectivity index (χ2n) is 7.74. The fourth-order valence-electron chi connectivity index (χ4n) is 3.97. The quantitative estimate of drug-likeness (QED) is 0.506. The summed E-state index contributed by atoms with van der Waals surface area (Å²) in [6.45, 7) is 5.66. The third kappa shape index (κ3) is 3.35. The number of fused-ring (bicyclic) bond motifs is 4. The molecule has 1 aromatic carbocycles. The molecule has 0 fully saturated rings. The van der Waals surface area contributed by atoms with Crippen LogP contribution in [-0.2, 0) is 0 Å². The van der Waals surface area contributed by atoms with Crippen LogP contribution in [0.5, 0.6) is 0 Å². The second kappa shape index (κ2) is 7.58. The van der Waals surface area contributed by atoms with Crippen molar-refractivity contribution >= 4 is 46.1 Å². The Morgan fingerprint density at radius 3 is 2.30 bits per heavy atom. The molecule has 1 atom stereocenters. The molecule has 0 saturated carbocycles. The third-order valence-electron chi connectivity index (χ3n) is 5.54. The molecule has 2 aliphatic carbocycles. The van der Waals surface area contributed by atoms with Crippen molar-refractivity contribution in [2.24, 2.45) is 0 Å². The molecule has 1 unspecified atom stereocenters. The summed E-state index contributed by atoms with van der Waals surface area (Å²) >= 11 is 0. The van der Waals surface area contributed by atoms with E-state index in [9.17, 15) is 14.7 Å². The van der Waals surface area contributed by atoms with Gasteiger partial charge in [0.05, 0.1) is 16.6 Å². The average molecular weight is 402 g/mol. The minimum atomic E-state index is -1.12. The Kier molecular flexibility index (Phi) is 5.08. The molecular weight excluding hydrogens is 376 g/mol. The van der Waals surface area contributed by atoms with Crippen LogP contribution in [-0.4, -0.2) is 20.7 Å². The first-order valence-electron chi connectivity index (χ1n) is 10.5. The Hall–Kier alpha value is -3.18. The Morgan fingerprint density at radius 1 is 0.900 bits per heavy atom. The van der Waals surface area contributed by atoms with Gasteiger partial charge in [-0.25, -0.2) is 0 Å². The number of hydrogen-bond donors (Lipinski definition) is 3. The fourth-order valence-corrected chi connectivity index (χ4v) is 3.97. The first-order chi connectivity index (χ1) is 14.4. The van der Waals surface area contributed by atoms with E-state index in [0.717, 1.165) is 24.6 Å². The zero-order valence-corrected chi connectivity index (χ0v) is 17.5. The molecule has 3 aromatic rings. The highest BCUT2D eigenvalue weighted by Gasteiger charge is 2.18. The van der Waals surface area contributed by atoms with E-state index in [-0.39, 0.29) is 10.9 Å². The molecule has 5 heteroatoms. The molecule has 0 amide bonds. The normalized spacial score (nSPS) is 19.6. The summed E-state index contributed by atoms with van der Waals surface area (Å²) in [5.41, 5.74) is 1.13. The number of aromatic amines is 2. The van der Waals surface area contributed by atoms with Gasteiger partial charge < -0.3 is 15.1 Å². The van der Waals surface area contributed by atoms with Gasteiger partial charge in [-0.05, 0) is 62.6 Å². The van der Waals surface area contributed by atoms with Crippen LogP contribution >= 0.6 is 0 Å². The van der Waals surface area contributed by atoms with Crippen LogP contribution in [0.25, 0.3) is 46.1 Å². The van der Waals surface area contributed by atoms with Crippen molar-refractivity contribution in [2.45, 2.75) is 45.6 Å². The maximum absolute atomic E-state index is 13.1. The molecule has 3 N–H and O–H groups in total. The van der Waals surface area contributed by atoms with Crippen LogP contribution in [0.4, 0.5) is 0 Å². The van der Waals surface area contributed by atoms with Gasteiger partial charge in [-0.3, -0.25) is 9.59 Å². The van der Waals surface area contributed by atoms with Crippen LogP contribution < -0.4 is 21.4 Å². The van der Waals surface area contributed by atoms with Gasteiger partial charge in [0.2, 0.25) is 0 Å². The fraction of sp³-hybridized carbons (Fsp3) is 0.280. The zero-order chi connectivity index (χ0) is 21.5. The zero-order valence-electron chi connectivity index (χ0n) is 17.5. The van der Waals surface area contributed by atoms with Gasteiger partial charge in [0.15, 0.2) is 10.9 Å². The number of aromatic nitrogens is 2. The standard InChI is InChI=1S/C23H20N2O3.C2H6/c1-23(28)9-7-14-18(8-10-23)25-20-11-15-19(12-16(20)22(14)27)24-17-6-4-2-3-5-13(17)21(15)26;1-2/h5-12,24,28H,2-4H2,1H3,(H,25,27);1-2H3. The van der Waals surface area contributed by atoms with Crippen LogP contribution in [0.15, 0.2) is 33.9 Å². The highest BCUT2D eigenvalue weighted by Crippen LogP contribution is 2.22. The summed E-state index contributed by atoms with van der Waals surface area (Å²) in [5.74, 6) is 0. The first-order valence-corrected chi connectivity index (χ1v) is 10.5. The van der Waals surface area contributed by atoms with E-state index in [4.69, 9.17) is 0 Å². The lowest BCUT2D eigenvalue weighted by atomic mass is 10.0. The number of aliphatic hydroxyl groups is 1. The van der Waals surface area contributed by atoms with E-state index < -0.39 is 5.60 Å². The van der Waals surface area contributed by atoms with Crippen LogP contribution in [0.1, 0.15) is 51.3 Å². The molecule has 0 bridgehead atoms. The molecular formula is C25H26N2O3. The summed E-state index contributed by atoms with van der Waals surface area (Å²) < 4.78 is 0. The molecule has 0 radical (unpaired) electrons. The van der Waals surface area contributed by atoms with Crippen molar-refractivity contribution in [1.29, 1.82) is 0 Å². The van der Waals surface area contributed by atoms with Crippen molar-refractivity contribution in [1.82, 2.24) is 9.97 Å². The predicted octanol–water partition coefficient (Wildman–Crippen LogP) is 2.93. The highest BCUT2D eigenvalue weighted by molar-refractivity contribution is 5.96. The van der Waals surface area contributed by atoms with Crippen molar-refractivity contribution in [3.63, 3.8) is 0 Å². The molecule has 0 spiro atoms. The van der Waals surface area contributed by atoms with Gasteiger partial charge in [-0.2, -0.15) is 0 Å². The monoisotopic (exact) mass is 402 g/mol. The summed E-state index contributed by atoms with van der Waals surface area (Å²) in [6, 6.07) is 3.51. The Labute approximate surface area is 173 Å². The smallest absolute Gasteiger partial charge is 0.197 e. The van der Waals surface area contributed by atoms with Crippen molar-refractivity contribution < 1.29 is 5.11 Å². The molecule has 2 aromatic heterocycles. The lowest BCUT2D eigenvalue weighted by Gasteiger charge is -2.10. The van der Waals surface area contributed by atoms with Crippen LogP contribution in [0.2, 0.25) is 0 Å². The van der Waals surface area contributed by atoms with Crippen molar-refractivity contribution in [2.75, 3.05) is 0 Å². The maximum Gasteiger partial charge on any atom is 0.197 e. The van der Waals surface area contributed by atoms with Gasteiger partial charge in [0, 0.05) is 32.6 Å². The molecule has 0 saturated heterocycles. The number of H-pyrrole nitrogens is 2. The Bertz CT molecular complexity index is 1450. The lowest BCUT2D eigenvalue weighted by molar-refractivity contribution is 0.166. The number of nitrogens with one attached hydrogen (secondary N) is 2. The molecule has 30 heavy (non-hydrogen) atoms. The van der Waals surface area contributed by atoms with E-state index in [0.29, 0.717) is 38.3 Å². The number of hydrogen-bond acceptors (Lipinski definition) is 3. The third-order valence-corrected chi connectivity index (χ3v) is 5.54. The molecule has 2 heterocycles. The van der Waals surface area contributed by atoms with E-state index >= 15 is 0 Å². The summed E-state index contributed by atoms with van der Waals surface area (Å²) in [5, 5.41) is 12.9. The van der Waals surface area contributed by atoms with Gasteiger partial charge >= 0.3 is 0 Å². The van der Waals surface area contributed by atoms with E-state index in [1.54, 1.807) is 43.4 Å². The van der Waals surface area contributed by atoms with Crippen LogP contribution in [0, 0.1) is 0 Å². The second-order valence-corrected chi connectivity index (χ2v) is 7.74. The largest absolute Gasteiger partial charge is 0.382 e. The predicted molar refractivity (Wildman–Crippen MR) is 125 cm³/mol. The summed E-state index contributed by atoms with van der Waals surface area (Å²) in [7, 11) is 0. The summed E-state index contributed by atoms with van der Waals surface area (Å²) in [6.07, 6.45) is 13.5. The van der Waals surface area contributed by atoms with Gasteiger partial charge in [-0.1, -0.05) is 26.0 Å². The summed E-state index contributed by atoms with van der Waals surface area (Å²) in [4.78, 5) is 32.8. The minimum Gasteiger partial charge on any atom is -0.382 e. The maximum atomic E-state index is 13.1. The van der Waals surface area contributed by atoms with Crippen molar-refractivity contribution in [3.05, 3.63) is 66.6 Å². The molecule has 0 aliphatic heterocycles. The first kappa shape index (κ1) is 20.1. The SMILES string of the molecule is CC.CC1(O)C=Cc2[nH]c3cc4c(=O)c5c([nH]c4cc3c(=O)c2C=C1)=CCCCC=5. The van der Waals surface area contributed by atoms with E-state index in [1.807, 2.05) is 19.9 Å². The molecule has 5 nitrogen and oxygen atoms in total. The number of pyridine rings is 2. The highest BCUT2D eigenvalue weighted by atomic mass is 16.3. The minimum absolute atomic E-state index is 0.0158. The lowest BCUT2D eigenvalue weighted by Crippen LogP contribution is -2.40. The number of rotatable bonds is 0. The van der Waals surface area contributed by atoms with Crippen LogP contribution in [0.3, 0.4) is 0 Å². The molecule has 5 rings (SSSR count). The van der Waals surface area contributed by atoms with Gasteiger partial charge in [0.25, 0.3) is 0 Å². The topological polar surface area (TPSA) is 85.9 Å².